The van der Waals surface area contributed by atoms with E-state index in [1.807, 2.05) is 0 Å². The summed E-state index contributed by atoms with van der Waals surface area (Å²) >= 11 is 0. The molecule has 2 N–H and O–H groups in total. The van der Waals surface area contributed by atoms with Crippen molar-refractivity contribution in [2.24, 2.45) is 5.73 Å². The Kier molecular flexibility index (Phi) is 4.56. The molecule has 0 aliphatic rings. The van der Waals surface area contributed by atoms with Crippen LogP contribution in [-0.4, -0.2) is 12.8 Å². The van der Waals surface area contributed by atoms with Crippen LogP contribution in [0.25, 0.3) is 0 Å². The second-order valence-electron chi connectivity index (χ2n) is 4.14. The fraction of sp³-hybridized carbons (Fsp3) is 0.500. The van der Waals surface area contributed by atoms with Gasteiger partial charge in [-0.05, 0) is 31.5 Å². The monoisotopic (exact) mass is 265 g/mol. The number of alkyl halides is 3. The van der Waals surface area contributed by atoms with Crippen LogP contribution in [0.15, 0.2) is 12.1 Å². The van der Waals surface area contributed by atoms with E-state index in [0.717, 1.165) is 0 Å². The Bertz CT molecular complexity index is 415. The SMILES string of the molecule is Cc1cc(OCCC(F)(F)F)c([C@@H](C)N)cc1F. The van der Waals surface area contributed by atoms with E-state index in [-0.39, 0.29) is 5.75 Å². The molecule has 0 saturated heterocycles. The van der Waals surface area contributed by atoms with Crippen molar-refractivity contribution in [3.63, 3.8) is 0 Å². The third-order valence-corrected chi connectivity index (χ3v) is 2.42. The van der Waals surface area contributed by atoms with Gasteiger partial charge in [0.1, 0.15) is 11.6 Å². The number of hydrogen-bond donors (Lipinski definition) is 1. The van der Waals surface area contributed by atoms with Crippen molar-refractivity contribution in [2.75, 3.05) is 6.61 Å². The molecular weight excluding hydrogens is 250 g/mol. The molecule has 0 saturated carbocycles. The first-order valence-corrected chi connectivity index (χ1v) is 5.46. The maximum absolute atomic E-state index is 13.3. The molecule has 1 atom stereocenters. The van der Waals surface area contributed by atoms with Crippen molar-refractivity contribution >= 4 is 0 Å². The number of benzene rings is 1. The van der Waals surface area contributed by atoms with Gasteiger partial charge in [-0.3, -0.25) is 0 Å². The fourth-order valence-corrected chi connectivity index (χ4v) is 1.43. The van der Waals surface area contributed by atoms with E-state index in [9.17, 15) is 17.6 Å². The first-order valence-electron chi connectivity index (χ1n) is 5.46. The van der Waals surface area contributed by atoms with Crippen LogP contribution in [0.1, 0.15) is 30.5 Å². The molecule has 0 amide bonds. The van der Waals surface area contributed by atoms with Crippen LogP contribution >= 0.6 is 0 Å². The Morgan fingerprint density at radius 3 is 2.44 bits per heavy atom. The minimum absolute atomic E-state index is 0.202. The topological polar surface area (TPSA) is 35.2 Å². The summed E-state index contributed by atoms with van der Waals surface area (Å²) < 4.78 is 54.4. The van der Waals surface area contributed by atoms with Crippen LogP contribution in [0.5, 0.6) is 5.75 Å². The lowest BCUT2D eigenvalue weighted by Gasteiger charge is -2.16. The van der Waals surface area contributed by atoms with E-state index in [2.05, 4.69) is 0 Å². The lowest BCUT2D eigenvalue weighted by molar-refractivity contribution is -0.139. The largest absolute Gasteiger partial charge is 0.493 e. The summed E-state index contributed by atoms with van der Waals surface area (Å²) in [7, 11) is 0. The van der Waals surface area contributed by atoms with E-state index in [1.54, 1.807) is 6.92 Å². The predicted molar refractivity (Wildman–Crippen MR) is 59.9 cm³/mol. The summed E-state index contributed by atoms with van der Waals surface area (Å²) in [4.78, 5) is 0. The molecule has 0 unspecified atom stereocenters. The molecule has 0 aliphatic heterocycles. The standard InChI is InChI=1S/C12H15F4NO/c1-7-5-11(18-4-3-12(14,15)16)9(8(2)17)6-10(7)13/h5-6,8H,3-4,17H2,1-2H3/t8-/m1/s1. The van der Waals surface area contributed by atoms with E-state index >= 15 is 0 Å². The van der Waals surface area contributed by atoms with Crippen molar-refractivity contribution < 1.29 is 22.3 Å². The summed E-state index contributed by atoms with van der Waals surface area (Å²) in [5, 5.41) is 0. The van der Waals surface area contributed by atoms with Gasteiger partial charge in [0, 0.05) is 11.6 Å². The van der Waals surface area contributed by atoms with Gasteiger partial charge in [-0.15, -0.1) is 0 Å². The molecular formula is C12H15F4NO. The van der Waals surface area contributed by atoms with Gasteiger partial charge in [0.2, 0.25) is 0 Å². The van der Waals surface area contributed by atoms with Gasteiger partial charge in [-0.2, -0.15) is 13.2 Å². The van der Waals surface area contributed by atoms with Crippen LogP contribution < -0.4 is 10.5 Å². The molecule has 0 bridgehead atoms. The van der Waals surface area contributed by atoms with Gasteiger partial charge in [0.15, 0.2) is 0 Å². The Morgan fingerprint density at radius 1 is 1.33 bits per heavy atom. The quantitative estimate of drug-likeness (QED) is 0.846. The Hall–Kier alpha value is -1.30. The molecule has 0 aromatic heterocycles. The van der Waals surface area contributed by atoms with Crippen molar-refractivity contribution in [2.45, 2.75) is 32.5 Å². The van der Waals surface area contributed by atoms with Gasteiger partial charge < -0.3 is 10.5 Å². The maximum atomic E-state index is 13.3. The number of halogens is 4. The molecule has 2 nitrogen and oxygen atoms in total. The lowest BCUT2D eigenvalue weighted by Crippen LogP contribution is -2.15. The van der Waals surface area contributed by atoms with E-state index in [0.29, 0.717) is 11.1 Å². The number of ether oxygens (including phenoxy) is 1. The molecule has 0 spiro atoms. The van der Waals surface area contributed by atoms with Gasteiger partial charge in [-0.1, -0.05) is 0 Å². The van der Waals surface area contributed by atoms with Crippen LogP contribution in [0.2, 0.25) is 0 Å². The summed E-state index contributed by atoms with van der Waals surface area (Å²) in [6.45, 7) is 2.62. The second-order valence-corrected chi connectivity index (χ2v) is 4.14. The van der Waals surface area contributed by atoms with Gasteiger partial charge in [-0.25, -0.2) is 4.39 Å². The van der Waals surface area contributed by atoms with Gasteiger partial charge >= 0.3 is 6.18 Å². The minimum Gasteiger partial charge on any atom is -0.493 e. The average Bonchev–Trinajstić information content (AvgIpc) is 2.20. The van der Waals surface area contributed by atoms with Crippen LogP contribution in [-0.2, 0) is 0 Å². The second kappa shape index (κ2) is 5.56. The molecule has 1 aromatic rings. The molecule has 6 heteroatoms. The van der Waals surface area contributed by atoms with Gasteiger partial charge in [0.25, 0.3) is 0 Å². The Balaban J connectivity index is 2.84. The first kappa shape index (κ1) is 14.8. The smallest absolute Gasteiger partial charge is 0.392 e. The normalized spacial score (nSPS) is 13.5. The van der Waals surface area contributed by atoms with E-state index in [1.165, 1.54) is 19.1 Å². The van der Waals surface area contributed by atoms with Crippen LogP contribution in [0.4, 0.5) is 17.6 Å². The zero-order valence-corrected chi connectivity index (χ0v) is 10.1. The minimum atomic E-state index is -4.27. The molecule has 0 radical (unpaired) electrons. The third-order valence-electron chi connectivity index (χ3n) is 2.42. The zero-order chi connectivity index (χ0) is 13.9. The average molecular weight is 265 g/mol. The van der Waals surface area contributed by atoms with E-state index in [4.69, 9.17) is 10.5 Å². The Morgan fingerprint density at radius 2 is 1.94 bits per heavy atom. The highest BCUT2D eigenvalue weighted by Crippen LogP contribution is 2.28. The molecule has 1 rings (SSSR count). The molecule has 18 heavy (non-hydrogen) atoms. The van der Waals surface area contributed by atoms with Crippen molar-refractivity contribution in [1.82, 2.24) is 0 Å². The Labute approximate surface area is 103 Å². The molecule has 0 aliphatic carbocycles. The molecule has 0 heterocycles. The summed E-state index contributed by atoms with van der Waals surface area (Å²) in [5.41, 5.74) is 6.29. The molecule has 0 fully saturated rings. The maximum Gasteiger partial charge on any atom is 0.392 e. The highest BCUT2D eigenvalue weighted by Gasteiger charge is 2.27. The number of aryl methyl sites for hydroxylation is 1. The summed E-state index contributed by atoms with van der Waals surface area (Å²) in [6.07, 6.45) is -5.33. The number of hydrogen-bond acceptors (Lipinski definition) is 2. The summed E-state index contributed by atoms with van der Waals surface area (Å²) in [6, 6.07) is 2.05. The third kappa shape index (κ3) is 4.18. The summed E-state index contributed by atoms with van der Waals surface area (Å²) in [5.74, 6) is -0.251. The predicted octanol–water partition coefficient (Wildman–Crippen LogP) is 3.49. The van der Waals surface area contributed by atoms with Crippen molar-refractivity contribution in [3.05, 3.63) is 29.1 Å². The van der Waals surface area contributed by atoms with Crippen molar-refractivity contribution in [1.29, 1.82) is 0 Å². The lowest BCUT2D eigenvalue weighted by atomic mass is 10.1. The number of nitrogens with two attached hydrogens (primary N) is 1. The molecule has 102 valence electrons. The van der Waals surface area contributed by atoms with E-state index < -0.39 is 31.1 Å². The number of rotatable bonds is 4. The highest BCUT2D eigenvalue weighted by atomic mass is 19.4. The van der Waals surface area contributed by atoms with Crippen LogP contribution in [0, 0.1) is 12.7 Å². The van der Waals surface area contributed by atoms with Crippen molar-refractivity contribution in [3.8, 4) is 5.75 Å². The molecule has 1 aromatic carbocycles. The van der Waals surface area contributed by atoms with Crippen LogP contribution in [0.3, 0.4) is 0 Å². The first-order chi connectivity index (χ1) is 8.20. The van der Waals surface area contributed by atoms with Gasteiger partial charge in [0.05, 0.1) is 13.0 Å². The fourth-order valence-electron chi connectivity index (χ4n) is 1.43. The zero-order valence-electron chi connectivity index (χ0n) is 10.1. The highest BCUT2D eigenvalue weighted by molar-refractivity contribution is 5.39.